The SMILES string of the molecule is Cc1cc(OCc2c(Cl)cccc2Cl)cc2c1C(N1CCC(C(=O)O)CC1)CC2. The number of halogens is 2. The molecule has 0 aromatic heterocycles. The number of rotatable bonds is 5. The van der Waals surface area contributed by atoms with Crippen LogP contribution in [0.3, 0.4) is 0 Å². The van der Waals surface area contributed by atoms with Gasteiger partial charge in [-0.05, 0) is 86.7 Å². The first-order valence-corrected chi connectivity index (χ1v) is 10.9. The molecule has 29 heavy (non-hydrogen) atoms. The number of hydrogen-bond acceptors (Lipinski definition) is 3. The molecule has 2 aromatic carbocycles. The summed E-state index contributed by atoms with van der Waals surface area (Å²) in [5.41, 5.74) is 4.75. The summed E-state index contributed by atoms with van der Waals surface area (Å²) in [4.78, 5) is 13.7. The fourth-order valence-electron chi connectivity index (χ4n) is 4.69. The first-order valence-electron chi connectivity index (χ1n) is 10.1. The summed E-state index contributed by atoms with van der Waals surface area (Å²) in [6.45, 7) is 4.17. The fourth-order valence-corrected chi connectivity index (χ4v) is 5.19. The zero-order valence-electron chi connectivity index (χ0n) is 16.5. The first-order chi connectivity index (χ1) is 13.9. The van der Waals surface area contributed by atoms with Gasteiger partial charge in [0.05, 0.1) is 5.92 Å². The lowest BCUT2D eigenvalue weighted by Crippen LogP contribution is -2.38. The highest BCUT2D eigenvalue weighted by molar-refractivity contribution is 6.35. The van der Waals surface area contributed by atoms with Crippen molar-refractivity contribution in [1.29, 1.82) is 0 Å². The summed E-state index contributed by atoms with van der Waals surface area (Å²) in [5.74, 6) is -0.0174. The van der Waals surface area contributed by atoms with Crippen LogP contribution in [0, 0.1) is 12.8 Å². The summed E-state index contributed by atoms with van der Waals surface area (Å²) in [6, 6.07) is 10.1. The van der Waals surface area contributed by atoms with Crippen molar-refractivity contribution in [2.45, 2.75) is 45.3 Å². The molecule has 1 saturated heterocycles. The molecule has 1 atom stereocenters. The molecule has 4 nitrogen and oxygen atoms in total. The molecule has 0 spiro atoms. The minimum Gasteiger partial charge on any atom is -0.489 e. The average Bonchev–Trinajstić information content (AvgIpc) is 3.12. The third kappa shape index (κ3) is 4.25. The van der Waals surface area contributed by atoms with Crippen molar-refractivity contribution in [3.8, 4) is 5.75 Å². The van der Waals surface area contributed by atoms with Crippen molar-refractivity contribution in [2.24, 2.45) is 5.92 Å². The third-order valence-electron chi connectivity index (χ3n) is 6.23. The number of fused-ring (bicyclic) bond motifs is 1. The van der Waals surface area contributed by atoms with Crippen molar-refractivity contribution < 1.29 is 14.6 Å². The molecule has 0 amide bonds. The van der Waals surface area contributed by atoms with Gasteiger partial charge >= 0.3 is 5.97 Å². The van der Waals surface area contributed by atoms with Crippen LogP contribution in [0.5, 0.6) is 5.75 Å². The second kappa shape index (κ2) is 8.55. The minimum absolute atomic E-state index is 0.194. The van der Waals surface area contributed by atoms with Crippen LogP contribution >= 0.6 is 23.2 Å². The molecule has 1 N–H and O–H groups in total. The summed E-state index contributed by atoms with van der Waals surface area (Å²) >= 11 is 12.5. The zero-order chi connectivity index (χ0) is 20.5. The lowest BCUT2D eigenvalue weighted by Gasteiger charge is -2.35. The molecule has 1 unspecified atom stereocenters. The lowest BCUT2D eigenvalue weighted by molar-refractivity contribution is -0.143. The van der Waals surface area contributed by atoms with E-state index in [0.29, 0.717) is 22.7 Å². The van der Waals surface area contributed by atoms with E-state index in [-0.39, 0.29) is 5.92 Å². The molecule has 1 heterocycles. The van der Waals surface area contributed by atoms with Gasteiger partial charge in [0.1, 0.15) is 12.4 Å². The maximum absolute atomic E-state index is 11.2. The second-order valence-electron chi connectivity index (χ2n) is 8.00. The van der Waals surface area contributed by atoms with Gasteiger partial charge in [0.2, 0.25) is 0 Å². The predicted molar refractivity (Wildman–Crippen MR) is 115 cm³/mol. The van der Waals surface area contributed by atoms with Crippen LogP contribution in [0.25, 0.3) is 0 Å². The number of likely N-dealkylation sites (tertiary alicyclic amines) is 1. The van der Waals surface area contributed by atoms with Gasteiger partial charge in [0.25, 0.3) is 0 Å². The molecule has 1 fully saturated rings. The smallest absolute Gasteiger partial charge is 0.306 e. The summed E-state index contributed by atoms with van der Waals surface area (Å²) < 4.78 is 6.03. The Labute approximate surface area is 181 Å². The van der Waals surface area contributed by atoms with Gasteiger partial charge in [0.15, 0.2) is 0 Å². The molecule has 2 aliphatic rings. The summed E-state index contributed by atoms with van der Waals surface area (Å²) in [5, 5.41) is 10.5. The van der Waals surface area contributed by atoms with Crippen LogP contribution in [0.2, 0.25) is 10.0 Å². The van der Waals surface area contributed by atoms with Gasteiger partial charge in [0, 0.05) is 21.7 Å². The van der Waals surface area contributed by atoms with Crippen LogP contribution < -0.4 is 4.74 Å². The molecular formula is C23H25Cl2NO3. The highest BCUT2D eigenvalue weighted by Crippen LogP contribution is 2.41. The standard InChI is InChI=1S/C23H25Cl2NO3/c1-14-11-17(29-13-18-19(24)3-2-4-20(18)25)12-16-5-6-21(22(14)16)26-9-7-15(8-10-26)23(27)28/h2-4,11-12,15,21H,5-10,13H2,1H3,(H,27,28). The van der Waals surface area contributed by atoms with E-state index in [1.165, 1.54) is 16.7 Å². The number of benzene rings is 2. The van der Waals surface area contributed by atoms with Crippen molar-refractivity contribution in [3.63, 3.8) is 0 Å². The highest BCUT2D eigenvalue weighted by Gasteiger charge is 2.33. The molecule has 154 valence electrons. The number of hydrogen-bond donors (Lipinski definition) is 1. The van der Waals surface area contributed by atoms with Crippen LogP contribution in [0.15, 0.2) is 30.3 Å². The largest absolute Gasteiger partial charge is 0.489 e. The third-order valence-corrected chi connectivity index (χ3v) is 6.94. The van der Waals surface area contributed by atoms with E-state index >= 15 is 0 Å². The van der Waals surface area contributed by atoms with E-state index in [9.17, 15) is 9.90 Å². The van der Waals surface area contributed by atoms with Gasteiger partial charge in [-0.15, -0.1) is 0 Å². The van der Waals surface area contributed by atoms with Gasteiger partial charge < -0.3 is 9.84 Å². The monoisotopic (exact) mass is 433 g/mol. The number of ether oxygens (including phenoxy) is 1. The molecule has 6 heteroatoms. The Morgan fingerprint density at radius 1 is 1.17 bits per heavy atom. The lowest BCUT2D eigenvalue weighted by atomic mass is 9.93. The first kappa shape index (κ1) is 20.5. The van der Waals surface area contributed by atoms with Gasteiger partial charge in [-0.25, -0.2) is 0 Å². The molecule has 2 aromatic rings. The van der Waals surface area contributed by atoms with Crippen LogP contribution in [-0.4, -0.2) is 29.1 Å². The van der Waals surface area contributed by atoms with Crippen LogP contribution in [-0.2, 0) is 17.8 Å². The van der Waals surface area contributed by atoms with E-state index in [1.807, 2.05) is 18.2 Å². The molecule has 0 radical (unpaired) electrons. The molecule has 1 aliphatic heterocycles. The van der Waals surface area contributed by atoms with Gasteiger partial charge in [-0.2, -0.15) is 0 Å². The van der Waals surface area contributed by atoms with Gasteiger partial charge in [-0.3, -0.25) is 9.69 Å². The molecular weight excluding hydrogens is 409 g/mol. The zero-order valence-corrected chi connectivity index (χ0v) is 18.0. The number of aliphatic carboxylic acids is 1. The Kier molecular flexibility index (Phi) is 6.05. The quantitative estimate of drug-likeness (QED) is 0.659. The topological polar surface area (TPSA) is 49.8 Å². The molecule has 0 bridgehead atoms. The number of aryl methyl sites for hydroxylation is 2. The van der Waals surface area contributed by atoms with Crippen LogP contribution in [0.4, 0.5) is 0 Å². The van der Waals surface area contributed by atoms with Crippen LogP contribution in [0.1, 0.15) is 47.6 Å². The van der Waals surface area contributed by atoms with E-state index in [1.54, 1.807) is 0 Å². The van der Waals surface area contributed by atoms with E-state index in [0.717, 1.165) is 50.1 Å². The van der Waals surface area contributed by atoms with E-state index < -0.39 is 5.97 Å². The van der Waals surface area contributed by atoms with Crippen molar-refractivity contribution in [2.75, 3.05) is 13.1 Å². The highest BCUT2D eigenvalue weighted by atomic mass is 35.5. The molecule has 4 rings (SSSR count). The number of carboxylic acid groups (broad SMARTS) is 1. The van der Waals surface area contributed by atoms with E-state index in [2.05, 4.69) is 24.0 Å². The van der Waals surface area contributed by atoms with Gasteiger partial charge in [-0.1, -0.05) is 29.3 Å². The van der Waals surface area contributed by atoms with Crippen molar-refractivity contribution >= 4 is 29.2 Å². The summed E-state index contributed by atoms with van der Waals surface area (Å²) in [7, 11) is 0. The minimum atomic E-state index is -0.659. The Bertz CT molecular complexity index is 902. The number of carbonyl (C=O) groups is 1. The van der Waals surface area contributed by atoms with Crippen molar-refractivity contribution in [1.82, 2.24) is 4.90 Å². The maximum atomic E-state index is 11.2. The fraction of sp³-hybridized carbons (Fsp3) is 0.435. The molecule has 0 saturated carbocycles. The Morgan fingerprint density at radius 3 is 2.52 bits per heavy atom. The predicted octanol–water partition coefficient (Wildman–Crippen LogP) is 5.66. The second-order valence-corrected chi connectivity index (χ2v) is 8.82. The maximum Gasteiger partial charge on any atom is 0.306 e. The number of carboxylic acids is 1. The summed E-state index contributed by atoms with van der Waals surface area (Å²) in [6.07, 6.45) is 3.57. The van der Waals surface area contributed by atoms with Crippen molar-refractivity contribution in [3.05, 3.63) is 62.6 Å². The van der Waals surface area contributed by atoms with E-state index in [4.69, 9.17) is 27.9 Å². The Morgan fingerprint density at radius 2 is 1.86 bits per heavy atom. The number of piperidine rings is 1. The Balaban J connectivity index is 1.47. The normalized spacial score (nSPS) is 19.9. The molecule has 1 aliphatic carbocycles. The number of nitrogens with zero attached hydrogens (tertiary/aromatic N) is 1. The Hall–Kier alpha value is -1.75. The average molecular weight is 434 g/mol.